The van der Waals surface area contributed by atoms with Crippen LogP contribution in [0.3, 0.4) is 0 Å². The molecule has 1 atom stereocenters. The molecule has 0 heterocycles. The SMILES string of the molecule is CCCCOOC(=O)CCCC(CCOCC)C(=O)OOCCCC. The minimum atomic E-state index is -0.424. The first-order chi connectivity index (χ1) is 12.2. The van der Waals surface area contributed by atoms with Crippen molar-refractivity contribution >= 4 is 11.9 Å². The number of rotatable bonds is 17. The summed E-state index contributed by atoms with van der Waals surface area (Å²) in [7, 11) is 0. The van der Waals surface area contributed by atoms with E-state index in [1.54, 1.807) is 0 Å². The van der Waals surface area contributed by atoms with Crippen LogP contribution in [0, 0.1) is 5.92 Å². The van der Waals surface area contributed by atoms with Crippen LogP contribution in [-0.2, 0) is 33.9 Å². The van der Waals surface area contributed by atoms with Crippen LogP contribution in [0.2, 0.25) is 0 Å². The molecule has 0 rings (SSSR count). The highest BCUT2D eigenvalue weighted by molar-refractivity contribution is 5.72. The third-order valence-electron chi connectivity index (χ3n) is 3.54. The highest BCUT2D eigenvalue weighted by Gasteiger charge is 2.21. The largest absolute Gasteiger partial charge is 0.382 e. The molecule has 0 amide bonds. The van der Waals surface area contributed by atoms with Crippen LogP contribution in [0.25, 0.3) is 0 Å². The Morgan fingerprint density at radius 3 is 2.04 bits per heavy atom. The molecule has 0 aromatic heterocycles. The zero-order chi connectivity index (χ0) is 18.8. The van der Waals surface area contributed by atoms with Gasteiger partial charge in [0.2, 0.25) is 0 Å². The van der Waals surface area contributed by atoms with Gasteiger partial charge in [-0.25, -0.2) is 9.59 Å². The number of carbonyl (C=O) groups is 2. The van der Waals surface area contributed by atoms with Crippen molar-refractivity contribution in [2.24, 2.45) is 5.92 Å². The Bertz CT molecular complexity index is 333. The Labute approximate surface area is 151 Å². The molecule has 7 heteroatoms. The summed E-state index contributed by atoms with van der Waals surface area (Å²) in [5.74, 6) is -1.20. The second-order valence-corrected chi connectivity index (χ2v) is 5.78. The maximum Gasteiger partial charge on any atom is 0.345 e. The van der Waals surface area contributed by atoms with Gasteiger partial charge in [0, 0.05) is 19.6 Å². The Morgan fingerprint density at radius 1 is 0.800 bits per heavy atom. The quantitative estimate of drug-likeness (QED) is 0.221. The molecule has 0 aliphatic rings. The molecule has 0 aromatic rings. The average Bonchev–Trinajstić information content (AvgIpc) is 2.61. The Morgan fingerprint density at radius 2 is 1.44 bits per heavy atom. The summed E-state index contributed by atoms with van der Waals surface area (Å²) in [5, 5.41) is 0. The highest BCUT2D eigenvalue weighted by atomic mass is 17.2. The number of hydrogen-bond donors (Lipinski definition) is 0. The molecule has 0 N–H and O–H groups in total. The van der Waals surface area contributed by atoms with Crippen LogP contribution in [0.15, 0.2) is 0 Å². The molecule has 0 saturated carbocycles. The molecule has 148 valence electrons. The lowest BCUT2D eigenvalue weighted by Gasteiger charge is -2.14. The van der Waals surface area contributed by atoms with Gasteiger partial charge in [-0.15, -0.1) is 0 Å². The van der Waals surface area contributed by atoms with E-state index in [2.05, 4.69) is 4.89 Å². The molecule has 0 aliphatic heterocycles. The first-order valence-corrected chi connectivity index (χ1v) is 9.38. The van der Waals surface area contributed by atoms with E-state index in [1.165, 1.54) is 0 Å². The Balaban J connectivity index is 4.07. The normalized spacial score (nSPS) is 12.0. The topological polar surface area (TPSA) is 80.3 Å². The van der Waals surface area contributed by atoms with Gasteiger partial charge in [0.1, 0.15) is 0 Å². The second-order valence-electron chi connectivity index (χ2n) is 5.78. The Kier molecular flexibility index (Phi) is 16.8. The summed E-state index contributed by atoms with van der Waals surface area (Å²) in [6, 6.07) is 0. The summed E-state index contributed by atoms with van der Waals surface area (Å²) >= 11 is 0. The van der Waals surface area contributed by atoms with E-state index in [0.717, 1.165) is 25.7 Å². The fraction of sp³-hybridized carbons (Fsp3) is 0.889. The van der Waals surface area contributed by atoms with Crippen molar-refractivity contribution in [3.05, 3.63) is 0 Å². The van der Waals surface area contributed by atoms with E-state index in [-0.39, 0.29) is 12.3 Å². The lowest BCUT2D eigenvalue weighted by Crippen LogP contribution is -2.21. The van der Waals surface area contributed by atoms with E-state index >= 15 is 0 Å². The van der Waals surface area contributed by atoms with Gasteiger partial charge in [0.05, 0.1) is 19.1 Å². The van der Waals surface area contributed by atoms with Crippen LogP contribution < -0.4 is 0 Å². The summed E-state index contributed by atoms with van der Waals surface area (Å²) < 4.78 is 5.30. The molecule has 1 unspecified atom stereocenters. The van der Waals surface area contributed by atoms with Gasteiger partial charge >= 0.3 is 11.9 Å². The number of ether oxygens (including phenoxy) is 1. The number of hydrogen-bond acceptors (Lipinski definition) is 7. The van der Waals surface area contributed by atoms with Crippen LogP contribution in [-0.4, -0.2) is 38.4 Å². The second kappa shape index (κ2) is 17.6. The van der Waals surface area contributed by atoms with Crippen LogP contribution in [0.1, 0.15) is 72.1 Å². The summed E-state index contributed by atoms with van der Waals surface area (Å²) in [4.78, 5) is 42.9. The average molecular weight is 362 g/mol. The molecule has 25 heavy (non-hydrogen) atoms. The van der Waals surface area contributed by atoms with Crippen molar-refractivity contribution in [1.29, 1.82) is 0 Å². The van der Waals surface area contributed by atoms with Crippen molar-refractivity contribution in [2.45, 2.75) is 72.1 Å². The zero-order valence-corrected chi connectivity index (χ0v) is 15.9. The summed E-state index contributed by atoms with van der Waals surface area (Å²) in [6.45, 7) is 7.81. The van der Waals surface area contributed by atoms with Crippen molar-refractivity contribution in [3.63, 3.8) is 0 Å². The third kappa shape index (κ3) is 14.8. The first kappa shape index (κ1) is 23.8. The molecule has 0 aliphatic carbocycles. The van der Waals surface area contributed by atoms with Gasteiger partial charge < -0.3 is 4.74 Å². The maximum absolute atomic E-state index is 12.1. The van der Waals surface area contributed by atoms with Crippen molar-refractivity contribution < 1.29 is 33.9 Å². The van der Waals surface area contributed by atoms with E-state index in [0.29, 0.717) is 45.7 Å². The van der Waals surface area contributed by atoms with Gasteiger partial charge in [0.25, 0.3) is 0 Å². The molecule has 7 nitrogen and oxygen atoms in total. The molecule has 0 fully saturated rings. The molecule has 0 aromatic carbocycles. The van der Waals surface area contributed by atoms with E-state index in [9.17, 15) is 9.59 Å². The molecule has 0 bridgehead atoms. The van der Waals surface area contributed by atoms with Gasteiger partial charge in [0.15, 0.2) is 0 Å². The summed E-state index contributed by atoms with van der Waals surface area (Å²) in [5.41, 5.74) is 0. The number of carbonyl (C=O) groups excluding carboxylic acids is 2. The maximum atomic E-state index is 12.1. The number of unbranched alkanes of at least 4 members (excludes halogenated alkanes) is 2. The van der Waals surface area contributed by atoms with Gasteiger partial charge in [-0.1, -0.05) is 26.7 Å². The molecule has 0 radical (unpaired) electrons. The van der Waals surface area contributed by atoms with Crippen molar-refractivity contribution in [3.8, 4) is 0 Å². The monoisotopic (exact) mass is 362 g/mol. The molecule has 0 spiro atoms. The molecule has 0 saturated heterocycles. The fourth-order valence-corrected chi connectivity index (χ4v) is 1.97. The predicted octanol–water partition coefficient (Wildman–Crippen LogP) is 3.75. The molecular formula is C18H34O7. The van der Waals surface area contributed by atoms with E-state index < -0.39 is 11.9 Å². The van der Waals surface area contributed by atoms with Crippen LogP contribution >= 0.6 is 0 Å². The fourth-order valence-electron chi connectivity index (χ4n) is 1.97. The zero-order valence-electron chi connectivity index (χ0n) is 15.9. The lowest BCUT2D eigenvalue weighted by atomic mass is 9.99. The minimum absolute atomic E-state index is 0.196. The Hall–Kier alpha value is -1.18. The molecular weight excluding hydrogens is 328 g/mol. The van der Waals surface area contributed by atoms with Gasteiger partial charge in [-0.3, -0.25) is 9.78 Å². The first-order valence-electron chi connectivity index (χ1n) is 9.38. The van der Waals surface area contributed by atoms with Gasteiger partial charge in [-0.05, 0) is 39.0 Å². The standard InChI is InChI=1S/C18H34O7/c1-4-7-13-22-24-17(19)11-9-10-16(12-15-21-6-3)18(20)25-23-14-8-5-2/h16H,4-15H2,1-3H3. The van der Waals surface area contributed by atoms with Crippen LogP contribution in [0.4, 0.5) is 0 Å². The minimum Gasteiger partial charge on any atom is -0.382 e. The van der Waals surface area contributed by atoms with E-state index in [1.807, 2.05) is 20.8 Å². The highest BCUT2D eigenvalue weighted by Crippen LogP contribution is 2.16. The smallest absolute Gasteiger partial charge is 0.345 e. The lowest BCUT2D eigenvalue weighted by molar-refractivity contribution is -0.277. The van der Waals surface area contributed by atoms with Gasteiger partial charge in [-0.2, -0.15) is 9.78 Å². The van der Waals surface area contributed by atoms with E-state index in [4.69, 9.17) is 19.4 Å². The van der Waals surface area contributed by atoms with Crippen molar-refractivity contribution in [2.75, 3.05) is 26.4 Å². The predicted molar refractivity (Wildman–Crippen MR) is 92.4 cm³/mol. The van der Waals surface area contributed by atoms with Crippen LogP contribution in [0.5, 0.6) is 0 Å². The third-order valence-corrected chi connectivity index (χ3v) is 3.54. The van der Waals surface area contributed by atoms with Crippen molar-refractivity contribution in [1.82, 2.24) is 0 Å². The summed E-state index contributed by atoms with van der Waals surface area (Å²) in [6.07, 6.45) is 5.36.